The summed E-state index contributed by atoms with van der Waals surface area (Å²) in [5, 5.41) is 4.92. The van der Waals surface area contributed by atoms with Crippen molar-refractivity contribution in [1.29, 1.82) is 0 Å². The van der Waals surface area contributed by atoms with Crippen LogP contribution in [-0.4, -0.2) is 4.98 Å². The summed E-state index contributed by atoms with van der Waals surface area (Å²) in [6.07, 6.45) is 4.27. The molecule has 1 aliphatic rings. The Bertz CT molecular complexity index is 967. The first kappa shape index (κ1) is 18.1. The number of thiazole rings is 1. The van der Waals surface area contributed by atoms with Gasteiger partial charge in [-0.2, -0.15) is 0 Å². The van der Waals surface area contributed by atoms with Gasteiger partial charge in [-0.1, -0.05) is 41.4 Å². The van der Waals surface area contributed by atoms with Crippen LogP contribution in [-0.2, 0) is 17.4 Å². The highest BCUT2D eigenvalue weighted by Crippen LogP contribution is 2.47. The summed E-state index contributed by atoms with van der Waals surface area (Å²) in [7, 11) is -3.18. The van der Waals surface area contributed by atoms with Crippen molar-refractivity contribution in [3.8, 4) is 0 Å². The van der Waals surface area contributed by atoms with Gasteiger partial charge in [-0.3, -0.25) is 4.57 Å². The lowest BCUT2D eigenvalue weighted by molar-refractivity contribution is 0.590. The van der Waals surface area contributed by atoms with E-state index in [9.17, 15) is 4.57 Å². The van der Waals surface area contributed by atoms with Crippen molar-refractivity contribution in [3.63, 3.8) is 0 Å². The molecule has 1 unspecified atom stereocenters. The molecule has 3 nitrogen and oxygen atoms in total. The number of aryl methyl sites for hydroxylation is 2. The second kappa shape index (κ2) is 7.36. The number of benzene rings is 2. The molecular weight excluding hydrogens is 406 g/mol. The van der Waals surface area contributed by atoms with Crippen molar-refractivity contribution in [3.05, 3.63) is 69.1 Å². The van der Waals surface area contributed by atoms with Crippen molar-refractivity contribution in [2.45, 2.75) is 25.7 Å². The van der Waals surface area contributed by atoms with E-state index >= 15 is 0 Å². The zero-order chi connectivity index (χ0) is 18.1. The Hall–Kier alpha value is -1.32. The minimum Gasteiger partial charge on any atom is -0.326 e. The molecule has 1 aliphatic carbocycles. The van der Waals surface area contributed by atoms with Crippen LogP contribution >= 0.6 is 41.8 Å². The Morgan fingerprint density at radius 2 is 1.81 bits per heavy atom. The van der Waals surface area contributed by atoms with Crippen molar-refractivity contribution >= 4 is 57.6 Å². The van der Waals surface area contributed by atoms with E-state index in [-0.39, 0.29) is 0 Å². The third kappa shape index (κ3) is 3.44. The van der Waals surface area contributed by atoms with Gasteiger partial charge in [-0.25, -0.2) is 4.98 Å². The van der Waals surface area contributed by atoms with Crippen LogP contribution in [0.4, 0.5) is 5.69 Å². The Balaban J connectivity index is 1.84. The average molecular weight is 423 g/mol. The van der Waals surface area contributed by atoms with E-state index in [1.165, 1.54) is 4.88 Å². The van der Waals surface area contributed by atoms with E-state index in [0.717, 1.165) is 31.4 Å². The first-order chi connectivity index (χ1) is 12.6. The smallest absolute Gasteiger partial charge is 0.254 e. The molecule has 0 fully saturated rings. The number of halogens is 2. The van der Waals surface area contributed by atoms with Crippen molar-refractivity contribution in [2.24, 2.45) is 0 Å². The zero-order valence-electron chi connectivity index (χ0n) is 13.9. The van der Waals surface area contributed by atoms with Gasteiger partial charge in [0, 0.05) is 15.2 Å². The minimum absolute atomic E-state index is 0.479. The molecule has 7 heteroatoms. The normalized spacial score (nSPS) is 15.9. The molecule has 0 saturated heterocycles. The van der Waals surface area contributed by atoms with Crippen LogP contribution in [0.5, 0.6) is 0 Å². The lowest BCUT2D eigenvalue weighted by atomic mass is 10.0. The molecule has 0 saturated carbocycles. The molecule has 1 atom stereocenters. The topological polar surface area (TPSA) is 42.0 Å². The van der Waals surface area contributed by atoms with Gasteiger partial charge in [0.1, 0.15) is 0 Å². The highest BCUT2D eigenvalue weighted by molar-refractivity contribution is 7.84. The van der Waals surface area contributed by atoms with Crippen molar-refractivity contribution in [1.82, 2.24) is 4.98 Å². The molecule has 0 amide bonds. The predicted octanol–water partition coefficient (Wildman–Crippen LogP) is 5.67. The van der Waals surface area contributed by atoms with Gasteiger partial charge in [-0.15, -0.1) is 11.3 Å². The summed E-state index contributed by atoms with van der Waals surface area (Å²) in [5.74, 6) is 0. The lowest BCUT2D eigenvalue weighted by Gasteiger charge is -2.20. The van der Waals surface area contributed by atoms with Gasteiger partial charge < -0.3 is 5.09 Å². The minimum atomic E-state index is -3.18. The van der Waals surface area contributed by atoms with Crippen LogP contribution in [0.15, 0.2) is 48.5 Å². The van der Waals surface area contributed by atoms with Gasteiger partial charge in [0.15, 0.2) is 4.75 Å². The predicted molar refractivity (Wildman–Crippen MR) is 112 cm³/mol. The van der Waals surface area contributed by atoms with Crippen LogP contribution in [0.3, 0.4) is 0 Å². The maximum Gasteiger partial charge on any atom is 0.254 e. The average Bonchev–Trinajstić information content (AvgIpc) is 3.10. The fourth-order valence-corrected chi connectivity index (χ4v) is 7.50. The number of fused-ring (bicyclic) bond motifs is 1. The molecule has 0 radical (unpaired) electrons. The zero-order valence-corrected chi connectivity index (χ0v) is 17.1. The lowest BCUT2D eigenvalue weighted by Crippen LogP contribution is -2.22. The molecule has 1 heterocycles. The van der Waals surface area contributed by atoms with Crippen molar-refractivity contribution in [2.75, 3.05) is 5.09 Å². The summed E-state index contributed by atoms with van der Waals surface area (Å²) in [5.41, 5.74) is 1.64. The van der Waals surface area contributed by atoms with E-state index in [0.29, 0.717) is 25.8 Å². The molecule has 134 valence electrons. The molecule has 4 rings (SSSR count). The summed E-state index contributed by atoms with van der Waals surface area (Å²) >= 11 is 14.0. The quantitative estimate of drug-likeness (QED) is 0.550. The molecule has 26 heavy (non-hydrogen) atoms. The van der Waals surface area contributed by atoms with Gasteiger partial charge in [0.05, 0.1) is 16.4 Å². The largest absolute Gasteiger partial charge is 0.326 e. The van der Waals surface area contributed by atoms with Crippen LogP contribution < -0.4 is 15.1 Å². The second-order valence-electron chi connectivity index (χ2n) is 6.25. The number of hydrogen-bond acceptors (Lipinski definition) is 3. The summed E-state index contributed by atoms with van der Waals surface area (Å²) in [6, 6.07) is 14.5. The van der Waals surface area contributed by atoms with E-state index in [4.69, 9.17) is 28.2 Å². The van der Waals surface area contributed by atoms with Crippen LogP contribution in [0.2, 0.25) is 10.0 Å². The standard InChI is InChI=1S/C19H17Cl2N2OPS/c20-13-10-11-15(21)17(12-13)23-25(24,14-6-2-1-3-7-14)19-22-16-8-4-5-9-18(16)26-19/h1-3,6-7,10-12H,4-5,8-9H2,(H,23,24). The van der Waals surface area contributed by atoms with E-state index < -0.39 is 7.29 Å². The van der Waals surface area contributed by atoms with Crippen LogP contribution in [0, 0.1) is 0 Å². The van der Waals surface area contributed by atoms with Gasteiger partial charge in [0.25, 0.3) is 7.29 Å². The highest BCUT2D eigenvalue weighted by Gasteiger charge is 2.33. The molecule has 0 spiro atoms. The monoisotopic (exact) mass is 422 g/mol. The van der Waals surface area contributed by atoms with Gasteiger partial charge >= 0.3 is 0 Å². The van der Waals surface area contributed by atoms with Crippen molar-refractivity contribution < 1.29 is 4.57 Å². The fourth-order valence-electron chi connectivity index (χ4n) is 3.09. The number of rotatable bonds is 4. The summed E-state index contributed by atoms with van der Waals surface area (Å²) in [6.45, 7) is 0. The SMILES string of the molecule is O=P(Nc1cc(Cl)ccc1Cl)(c1ccccc1)c1nc2c(s1)CCCC2. The molecule has 3 aromatic rings. The number of anilines is 1. The number of nitrogens with one attached hydrogen (secondary N) is 1. The molecule has 1 aromatic heterocycles. The van der Waals surface area contributed by atoms with Crippen LogP contribution in [0.25, 0.3) is 0 Å². The summed E-state index contributed by atoms with van der Waals surface area (Å²) < 4.78 is 14.8. The first-order valence-corrected chi connectivity index (χ1v) is 11.7. The Kier molecular flexibility index (Phi) is 5.11. The van der Waals surface area contributed by atoms with E-state index in [1.807, 2.05) is 30.3 Å². The van der Waals surface area contributed by atoms with Gasteiger partial charge in [-0.05, 0) is 56.0 Å². The Labute approximate surface area is 166 Å². The molecule has 1 N–H and O–H groups in total. The molecule has 0 bridgehead atoms. The fraction of sp³-hybridized carbons (Fsp3) is 0.211. The third-order valence-corrected chi connectivity index (χ3v) is 9.22. The van der Waals surface area contributed by atoms with Gasteiger partial charge in [0.2, 0.25) is 0 Å². The third-order valence-electron chi connectivity index (χ3n) is 4.43. The molecule has 0 aliphatic heterocycles. The highest BCUT2D eigenvalue weighted by atomic mass is 35.5. The number of aromatic nitrogens is 1. The molecular formula is C19H17Cl2N2OPS. The van der Waals surface area contributed by atoms with Crippen LogP contribution in [0.1, 0.15) is 23.4 Å². The maximum atomic E-state index is 14.2. The molecule has 2 aromatic carbocycles. The van der Waals surface area contributed by atoms with E-state index in [2.05, 4.69) is 5.09 Å². The number of nitrogens with zero attached hydrogens (tertiary/aromatic N) is 1. The first-order valence-electron chi connectivity index (χ1n) is 8.44. The number of hydrogen-bond donors (Lipinski definition) is 1. The Morgan fingerprint density at radius 3 is 2.58 bits per heavy atom. The van der Waals surface area contributed by atoms with E-state index in [1.54, 1.807) is 29.5 Å². The Morgan fingerprint density at radius 1 is 1.04 bits per heavy atom. The summed E-state index contributed by atoms with van der Waals surface area (Å²) in [4.78, 5) is 6.02. The second-order valence-corrected chi connectivity index (χ2v) is 10.9. The maximum absolute atomic E-state index is 14.2.